The van der Waals surface area contributed by atoms with Gasteiger partial charge in [0.25, 0.3) is 11.1 Å². The van der Waals surface area contributed by atoms with E-state index < -0.39 is 5.82 Å². The van der Waals surface area contributed by atoms with E-state index in [2.05, 4.69) is 11.6 Å². The number of nitrogens with zero attached hydrogens (tertiary/aromatic N) is 3. The van der Waals surface area contributed by atoms with Crippen LogP contribution in [0.4, 0.5) is 10.3 Å². The van der Waals surface area contributed by atoms with Crippen molar-refractivity contribution in [1.82, 2.24) is 14.1 Å². The molecule has 7 heteroatoms. The fraction of sp³-hybridized carbons (Fsp3) is 0.105. The average molecular weight is 352 g/mol. The Kier molecular flexibility index (Phi) is 4.53. The first-order valence-electron chi connectivity index (χ1n) is 7.86. The minimum Gasteiger partial charge on any atom is -0.369 e. The molecule has 0 radical (unpaired) electrons. The lowest BCUT2D eigenvalue weighted by atomic mass is 10.0. The van der Waals surface area contributed by atoms with E-state index in [1.807, 2.05) is 0 Å². The van der Waals surface area contributed by atoms with Crippen molar-refractivity contribution in [3.05, 3.63) is 81.8 Å². The standard InChI is InChI=1S/C19H17FN4O2/c1-3-9-24-11-13(7-8-15(24)25)16-17(12-5-4-6-14(20)10-12)22-19(21)23(2)18(16)26/h3-8,10-11H,1,9H2,2H3,(H2,21,22). The summed E-state index contributed by atoms with van der Waals surface area (Å²) in [4.78, 5) is 29.1. The number of anilines is 1. The van der Waals surface area contributed by atoms with E-state index in [-0.39, 0.29) is 28.3 Å². The number of halogens is 1. The van der Waals surface area contributed by atoms with Crippen LogP contribution in [0.15, 0.2) is 64.8 Å². The van der Waals surface area contributed by atoms with Crippen molar-refractivity contribution < 1.29 is 4.39 Å². The van der Waals surface area contributed by atoms with Gasteiger partial charge in [0, 0.05) is 37.0 Å². The van der Waals surface area contributed by atoms with E-state index in [0.29, 0.717) is 17.7 Å². The number of aromatic nitrogens is 3. The van der Waals surface area contributed by atoms with Gasteiger partial charge >= 0.3 is 0 Å². The second-order valence-corrected chi connectivity index (χ2v) is 5.77. The van der Waals surface area contributed by atoms with Crippen LogP contribution in [0.25, 0.3) is 22.4 Å². The highest BCUT2D eigenvalue weighted by molar-refractivity contribution is 5.80. The van der Waals surface area contributed by atoms with Crippen molar-refractivity contribution in [2.45, 2.75) is 6.54 Å². The van der Waals surface area contributed by atoms with E-state index in [9.17, 15) is 14.0 Å². The lowest BCUT2D eigenvalue weighted by molar-refractivity contribution is 0.628. The van der Waals surface area contributed by atoms with Crippen LogP contribution in [0.3, 0.4) is 0 Å². The lowest BCUT2D eigenvalue weighted by Crippen LogP contribution is -2.25. The normalized spacial score (nSPS) is 10.7. The molecular formula is C19H17FN4O2. The first-order chi connectivity index (χ1) is 12.4. The van der Waals surface area contributed by atoms with Gasteiger partial charge in [-0.05, 0) is 18.2 Å². The first-order valence-corrected chi connectivity index (χ1v) is 7.86. The predicted octanol–water partition coefficient (Wildman–Crippen LogP) is 2.18. The molecule has 0 aliphatic carbocycles. The van der Waals surface area contributed by atoms with E-state index in [1.54, 1.807) is 24.4 Å². The number of pyridine rings is 1. The number of rotatable bonds is 4. The maximum Gasteiger partial charge on any atom is 0.263 e. The van der Waals surface area contributed by atoms with Crippen LogP contribution in [0.5, 0.6) is 0 Å². The van der Waals surface area contributed by atoms with Crippen molar-refractivity contribution in [3.8, 4) is 22.4 Å². The Balaban J connectivity index is 2.35. The van der Waals surface area contributed by atoms with Crippen LogP contribution in [0.2, 0.25) is 0 Å². The van der Waals surface area contributed by atoms with Gasteiger partial charge in [-0.1, -0.05) is 18.2 Å². The summed E-state index contributed by atoms with van der Waals surface area (Å²) in [6.07, 6.45) is 3.14. The molecule has 26 heavy (non-hydrogen) atoms. The summed E-state index contributed by atoms with van der Waals surface area (Å²) in [6, 6.07) is 8.67. The monoisotopic (exact) mass is 352 g/mol. The number of hydrogen-bond donors (Lipinski definition) is 1. The Morgan fingerprint density at radius 1 is 1.23 bits per heavy atom. The van der Waals surface area contributed by atoms with Gasteiger partial charge in [0.05, 0.1) is 11.3 Å². The number of allylic oxidation sites excluding steroid dienone is 1. The maximum atomic E-state index is 13.7. The molecule has 3 aromatic rings. The second-order valence-electron chi connectivity index (χ2n) is 5.77. The molecule has 0 amide bonds. The summed E-state index contributed by atoms with van der Waals surface area (Å²) in [6.45, 7) is 3.92. The largest absolute Gasteiger partial charge is 0.369 e. The minimum absolute atomic E-state index is 0.0115. The average Bonchev–Trinajstić information content (AvgIpc) is 2.62. The number of nitrogens with two attached hydrogens (primary N) is 1. The SMILES string of the molecule is C=CCn1cc(-c2c(-c3cccc(F)c3)nc(N)n(C)c2=O)ccc1=O. The summed E-state index contributed by atoms with van der Waals surface area (Å²) in [5.74, 6) is -0.441. The highest BCUT2D eigenvalue weighted by atomic mass is 19.1. The van der Waals surface area contributed by atoms with Crippen LogP contribution >= 0.6 is 0 Å². The molecule has 2 N–H and O–H groups in total. The van der Waals surface area contributed by atoms with Crippen LogP contribution in [0.1, 0.15) is 0 Å². The molecule has 2 aromatic heterocycles. The highest BCUT2D eigenvalue weighted by Gasteiger charge is 2.18. The zero-order valence-corrected chi connectivity index (χ0v) is 14.1. The van der Waals surface area contributed by atoms with Crippen LogP contribution < -0.4 is 16.9 Å². The Morgan fingerprint density at radius 3 is 2.69 bits per heavy atom. The van der Waals surface area contributed by atoms with Crippen LogP contribution in [-0.4, -0.2) is 14.1 Å². The van der Waals surface area contributed by atoms with Crippen molar-refractivity contribution in [3.63, 3.8) is 0 Å². The zero-order chi connectivity index (χ0) is 18.8. The third-order valence-electron chi connectivity index (χ3n) is 4.02. The van der Waals surface area contributed by atoms with E-state index >= 15 is 0 Å². The fourth-order valence-corrected chi connectivity index (χ4v) is 2.68. The molecule has 6 nitrogen and oxygen atoms in total. The van der Waals surface area contributed by atoms with Gasteiger partial charge in [0.2, 0.25) is 5.95 Å². The van der Waals surface area contributed by atoms with Gasteiger partial charge in [-0.3, -0.25) is 14.2 Å². The van der Waals surface area contributed by atoms with E-state index in [4.69, 9.17) is 5.73 Å². The van der Waals surface area contributed by atoms with Gasteiger partial charge < -0.3 is 10.3 Å². The molecule has 0 spiro atoms. The third-order valence-corrected chi connectivity index (χ3v) is 4.02. The predicted molar refractivity (Wildman–Crippen MR) is 99.2 cm³/mol. The molecule has 0 bridgehead atoms. The molecule has 0 saturated carbocycles. The smallest absolute Gasteiger partial charge is 0.263 e. The summed E-state index contributed by atoms with van der Waals surface area (Å²) < 4.78 is 16.3. The summed E-state index contributed by atoms with van der Waals surface area (Å²) in [5.41, 5.74) is 6.63. The molecule has 0 atom stereocenters. The molecule has 132 valence electrons. The van der Waals surface area contributed by atoms with Gasteiger partial charge in [0.15, 0.2) is 0 Å². The summed E-state index contributed by atoms with van der Waals surface area (Å²) >= 11 is 0. The van der Waals surface area contributed by atoms with Gasteiger partial charge in [-0.25, -0.2) is 9.37 Å². The molecule has 2 heterocycles. The van der Waals surface area contributed by atoms with Gasteiger partial charge in [0.1, 0.15) is 5.82 Å². The highest BCUT2D eigenvalue weighted by Crippen LogP contribution is 2.28. The maximum absolute atomic E-state index is 13.7. The van der Waals surface area contributed by atoms with Crippen LogP contribution in [0, 0.1) is 5.82 Å². The van der Waals surface area contributed by atoms with E-state index in [1.165, 1.54) is 40.4 Å². The zero-order valence-electron chi connectivity index (χ0n) is 14.1. The molecule has 0 saturated heterocycles. The molecule has 0 fully saturated rings. The van der Waals surface area contributed by atoms with Crippen molar-refractivity contribution >= 4 is 5.95 Å². The first kappa shape index (κ1) is 17.3. The lowest BCUT2D eigenvalue weighted by Gasteiger charge is -2.13. The van der Waals surface area contributed by atoms with Crippen LogP contribution in [-0.2, 0) is 13.6 Å². The van der Waals surface area contributed by atoms with Gasteiger partial charge in [-0.15, -0.1) is 6.58 Å². The third kappa shape index (κ3) is 3.06. The molecular weight excluding hydrogens is 335 g/mol. The Hall–Kier alpha value is -3.48. The topological polar surface area (TPSA) is 82.9 Å². The number of benzene rings is 1. The molecule has 0 aliphatic heterocycles. The molecule has 3 rings (SSSR count). The van der Waals surface area contributed by atoms with E-state index in [0.717, 1.165) is 0 Å². The minimum atomic E-state index is -0.453. The van der Waals surface area contributed by atoms with Crippen molar-refractivity contribution in [2.75, 3.05) is 5.73 Å². The Morgan fingerprint density at radius 2 is 2.00 bits per heavy atom. The second kappa shape index (κ2) is 6.79. The van der Waals surface area contributed by atoms with Crippen molar-refractivity contribution in [1.29, 1.82) is 0 Å². The molecule has 1 aromatic carbocycles. The van der Waals surface area contributed by atoms with Crippen molar-refractivity contribution in [2.24, 2.45) is 7.05 Å². The number of hydrogen-bond acceptors (Lipinski definition) is 4. The summed E-state index contributed by atoms with van der Waals surface area (Å²) in [5, 5.41) is 0. The number of nitrogen functional groups attached to an aromatic ring is 1. The molecule has 0 aliphatic rings. The fourth-order valence-electron chi connectivity index (χ4n) is 2.68. The Labute approximate surface area is 148 Å². The van der Waals surface area contributed by atoms with Gasteiger partial charge in [-0.2, -0.15) is 0 Å². The molecule has 0 unspecified atom stereocenters. The quantitative estimate of drug-likeness (QED) is 0.730. The Bertz CT molecular complexity index is 1120. The summed E-state index contributed by atoms with van der Waals surface area (Å²) in [7, 11) is 1.50.